The molecule has 0 atom stereocenters. The first kappa shape index (κ1) is 11.3. The number of nitrogens with zero attached hydrogens (tertiary/aromatic N) is 1. The van der Waals surface area contributed by atoms with Gasteiger partial charge in [0.2, 0.25) is 0 Å². The second kappa shape index (κ2) is 4.34. The maximum atomic E-state index is 9.11. The van der Waals surface area contributed by atoms with Gasteiger partial charge in [-0.3, -0.25) is 0 Å². The van der Waals surface area contributed by atoms with Crippen LogP contribution in [0, 0.1) is 25.2 Å². The van der Waals surface area contributed by atoms with Crippen LogP contribution in [0.2, 0.25) is 0 Å². The molecule has 2 rings (SSSR count). The molecule has 0 unspecified atom stereocenters. The third-order valence-electron chi connectivity index (χ3n) is 2.99. The first-order chi connectivity index (χ1) is 8.17. The van der Waals surface area contributed by atoms with E-state index >= 15 is 0 Å². The van der Waals surface area contributed by atoms with E-state index in [-0.39, 0.29) is 0 Å². The normalized spacial score (nSPS) is 10.0. The number of rotatable bonds is 2. The highest BCUT2D eigenvalue weighted by Gasteiger charge is 2.13. The molecule has 0 saturated carbocycles. The molecule has 1 aromatic heterocycles. The second-order valence-electron chi connectivity index (χ2n) is 3.97. The molecule has 0 radical (unpaired) electrons. The lowest BCUT2D eigenvalue weighted by Crippen LogP contribution is -1.85. The van der Waals surface area contributed by atoms with Crippen LogP contribution in [0.4, 0.5) is 0 Å². The molecule has 0 fully saturated rings. The van der Waals surface area contributed by atoms with Crippen LogP contribution in [-0.4, -0.2) is 12.1 Å². The molecule has 1 N–H and O–H groups in total. The summed E-state index contributed by atoms with van der Waals surface area (Å²) < 4.78 is 5.12. The lowest BCUT2D eigenvalue weighted by atomic mass is 10.0. The Bertz CT molecular complexity index is 574. The van der Waals surface area contributed by atoms with Gasteiger partial charge in [0.15, 0.2) is 0 Å². The topological polar surface area (TPSA) is 48.8 Å². The van der Waals surface area contributed by atoms with Crippen molar-refractivity contribution in [3.05, 3.63) is 41.2 Å². The van der Waals surface area contributed by atoms with Crippen LogP contribution in [0.3, 0.4) is 0 Å². The number of hydrogen-bond donors (Lipinski definition) is 1. The molecule has 0 aliphatic rings. The quantitative estimate of drug-likeness (QED) is 0.854. The second-order valence-corrected chi connectivity index (χ2v) is 3.97. The number of benzene rings is 1. The zero-order chi connectivity index (χ0) is 12.4. The number of methoxy groups -OCH3 is 1. The maximum absolute atomic E-state index is 9.11. The highest BCUT2D eigenvalue weighted by molar-refractivity contribution is 5.74. The van der Waals surface area contributed by atoms with E-state index in [4.69, 9.17) is 10.00 Å². The van der Waals surface area contributed by atoms with E-state index in [1.54, 1.807) is 7.11 Å². The van der Waals surface area contributed by atoms with E-state index in [1.807, 2.05) is 38.1 Å². The van der Waals surface area contributed by atoms with Crippen LogP contribution < -0.4 is 4.74 Å². The number of hydrogen-bond acceptors (Lipinski definition) is 2. The van der Waals surface area contributed by atoms with Gasteiger partial charge >= 0.3 is 0 Å². The summed E-state index contributed by atoms with van der Waals surface area (Å²) in [4.78, 5) is 3.10. The molecule has 0 aliphatic heterocycles. The number of ether oxygens (including phenoxy) is 1. The van der Waals surface area contributed by atoms with Crippen molar-refractivity contribution >= 4 is 0 Å². The summed E-state index contributed by atoms with van der Waals surface area (Å²) in [6, 6.07) is 9.93. The molecule has 3 heteroatoms. The number of aromatic amines is 1. The smallest absolute Gasteiger partial charge is 0.125 e. The zero-order valence-corrected chi connectivity index (χ0v) is 10.2. The summed E-state index contributed by atoms with van der Waals surface area (Å²) in [5, 5.41) is 9.11. The van der Waals surface area contributed by atoms with Crippen LogP contribution in [0.1, 0.15) is 17.0 Å². The summed E-state index contributed by atoms with van der Waals surface area (Å²) in [6.45, 7) is 4.00. The van der Waals surface area contributed by atoms with E-state index in [0.29, 0.717) is 5.69 Å². The van der Waals surface area contributed by atoms with Gasteiger partial charge in [-0.25, -0.2) is 0 Å². The van der Waals surface area contributed by atoms with E-state index < -0.39 is 0 Å². The lowest BCUT2D eigenvalue weighted by molar-refractivity contribution is 0.415. The molecule has 0 bridgehead atoms. The van der Waals surface area contributed by atoms with Gasteiger partial charge in [0.05, 0.1) is 7.11 Å². The van der Waals surface area contributed by atoms with Gasteiger partial charge < -0.3 is 9.72 Å². The lowest BCUT2D eigenvalue weighted by Gasteiger charge is -2.04. The monoisotopic (exact) mass is 226 g/mol. The van der Waals surface area contributed by atoms with Crippen LogP contribution in [0.15, 0.2) is 24.3 Å². The Morgan fingerprint density at radius 3 is 2.35 bits per heavy atom. The molecular weight excluding hydrogens is 212 g/mol. The van der Waals surface area contributed by atoms with Gasteiger partial charge in [-0.2, -0.15) is 5.26 Å². The van der Waals surface area contributed by atoms with Crippen molar-refractivity contribution in [2.24, 2.45) is 0 Å². The van der Waals surface area contributed by atoms with Crippen molar-refractivity contribution in [1.29, 1.82) is 5.26 Å². The first-order valence-electron chi connectivity index (χ1n) is 5.41. The highest BCUT2D eigenvalue weighted by atomic mass is 16.5. The summed E-state index contributed by atoms with van der Waals surface area (Å²) in [6.07, 6.45) is 0. The van der Waals surface area contributed by atoms with Crippen LogP contribution >= 0.6 is 0 Å². The van der Waals surface area contributed by atoms with E-state index in [1.165, 1.54) is 0 Å². The van der Waals surface area contributed by atoms with Gasteiger partial charge in [0.1, 0.15) is 17.5 Å². The molecule has 0 saturated heterocycles. The Kier molecular flexibility index (Phi) is 2.88. The molecular formula is C14H14N2O. The molecule has 2 aromatic rings. The number of nitrogens with one attached hydrogen (secondary N) is 1. The predicted molar refractivity (Wildman–Crippen MR) is 67.0 cm³/mol. The first-order valence-corrected chi connectivity index (χ1v) is 5.41. The summed E-state index contributed by atoms with van der Waals surface area (Å²) in [7, 11) is 1.64. The molecule has 0 amide bonds. The minimum absolute atomic E-state index is 0.616. The average molecular weight is 226 g/mol. The Morgan fingerprint density at radius 1 is 1.18 bits per heavy atom. The Hall–Kier alpha value is -2.21. The molecule has 3 nitrogen and oxygen atoms in total. The summed E-state index contributed by atoms with van der Waals surface area (Å²) in [5.74, 6) is 0.817. The van der Waals surface area contributed by atoms with Crippen molar-refractivity contribution in [3.8, 4) is 22.9 Å². The minimum atomic E-state index is 0.616. The number of H-pyrrole nitrogens is 1. The van der Waals surface area contributed by atoms with Crippen molar-refractivity contribution in [3.63, 3.8) is 0 Å². The maximum Gasteiger partial charge on any atom is 0.125 e. The number of aryl methyl sites for hydroxylation is 1. The van der Waals surface area contributed by atoms with Crippen LogP contribution in [-0.2, 0) is 0 Å². The van der Waals surface area contributed by atoms with E-state index in [9.17, 15) is 0 Å². The van der Waals surface area contributed by atoms with Gasteiger partial charge in [-0.1, -0.05) is 12.1 Å². The Labute approximate surface area is 101 Å². The van der Waals surface area contributed by atoms with Gasteiger partial charge in [0.25, 0.3) is 0 Å². The Morgan fingerprint density at radius 2 is 1.82 bits per heavy atom. The SMILES string of the molecule is COc1ccc(-c2c(C#N)[nH]c(C)c2C)cc1. The Balaban J connectivity index is 2.56. The van der Waals surface area contributed by atoms with Gasteiger partial charge in [-0.05, 0) is 37.1 Å². The zero-order valence-electron chi connectivity index (χ0n) is 10.2. The van der Waals surface area contributed by atoms with Crippen LogP contribution in [0.25, 0.3) is 11.1 Å². The van der Waals surface area contributed by atoms with E-state index in [2.05, 4.69) is 11.1 Å². The fraction of sp³-hybridized carbons (Fsp3) is 0.214. The highest BCUT2D eigenvalue weighted by Crippen LogP contribution is 2.30. The van der Waals surface area contributed by atoms with Crippen molar-refractivity contribution in [2.45, 2.75) is 13.8 Å². The fourth-order valence-corrected chi connectivity index (χ4v) is 1.92. The van der Waals surface area contributed by atoms with Crippen molar-refractivity contribution < 1.29 is 4.74 Å². The third-order valence-corrected chi connectivity index (χ3v) is 2.99. The largest absolute Gasteiger partial charge is 0.497 e. The fourth-order valence-electron chi connectivity index (χ4n) is 1.92. The molecule has 86 valence electrons. The van der Waals surface area contributed by atoms with Crippen LogP contribution in [0.5, 0.6) is 5.75 Å². The summed E-state index contributed by atoms with van der Waals surface area (Å²) >= 11 is 0. The standard InChI is InChI=1S/C14H14N2O/c1-9-10(2)16-13(8-15)14(9)11-4-6-12(17-3)7-5-11/h4-7,16H,1-3H3. The molecule has 1 aromatic carbocycles. The third kappa shape index (κ3) is 1.90. The number of nitriles is 1. The molecule has 0 aliphatic carbocycles. The predicted octanol–water partition coefficient (Wildman–Crippen LogP) is 3.18. The van der Waals surface area contributed by atoms with Gasteiger partial charge in [-0.15, -0.1) is 0 Å². The minimum Gasteiger partial charge on any atom is -0.497 e. The molecule has 0 spiro atoms. The summed E-state index contributed by atoms with van der Waals surface area (Å²) in [5.41, 5.74) is 4.78. The molecule has 1 heterocycles. The van der Waals surface area contributed by atoms with Gasteiger partial charge in [0, 0.05) is 11.3 Å². The van der Waals surface area contributed by atoms with E-state index in [0.717, 1.165) is 28.1 Å². The number of aromatic nitrogens is 1. The van der Waals surface area contributed by atoms with Crippen molar-refractivity contribution in [1.82, 2.24) is 4.98 Å². The average Bonchev–Trinajstić information content (AvgIpc) is 2.65. The molecule has 17 heavy (non-hydrogen) atoms. The van der Waals surface area contributed by atoms with Crippen molar-refractivity contribution in [2.75, 3.05) is 7.11 Å².